The lowest BCUT2D eigenvalue weighted by Crippen LogP contribution is -2.40. The van der Waals surface area contributed by atoms with Crippen LogP contribution < -0.4 is 9.62 Å². The Balaban J connectivity index is 2.16. The minimum atomic E-state index is -3.76. The number of anilines is 1. The summed E-state index contributed by atoms with van der Waals surface area (Å²) in [6.45, 7) is -0.334. The molecule has 26 heavy (non-hydrogen) atoms. The topological polar surface area (TPSA) is 66.5 Å². The zero-order valence-corrected chi connectivity index (χ0v) is 17.3. The molecule has 0 aliphatic rings. The first kappa shape index (κ1) is 21.1. The van der Waals surface area contributed by atoms with E-state index in [1.165, 1.54) is 12.1 Å². The van der Waals surface area contributed by atoms with Gasteiger partial charge in [-0.25, -0.2) is 8.42 Å². The van der Waals surface area contributed by atoms with Crippen LogP contribution in [0.25, 0.3) is 0 Å². The molecule has 2 rings (SSSR count). The van der Waals surface area contributed by atoms with Gasteiger partial charge in [-0.15, -0.1) is 0 Å². The largest absolute Gasteiger partial charge is 0.350 e. The van der Waals surface area contributed by atoms with Gasteiger partial charge in [0.25, 0.3) is 0 Å². The maximum atomic E-state index is 12.3. The number of nitrogens with one attached hydrogen (secondary N) is 1. The molecule has 0 atom stereocenters. The Kier molecular flexibility index (Phi) is 7.05. The molecule has 0 saturated carbocycles. The van der Waals surface area contributed by atoms with Crippen molar-refractivity contribution in [1.82, 2.24) is 5.32 Å². The molecule has 0 heterocycles. The molecule has 0 aromatic heterocycles. The number of rotatable bonds is 6. The Morgan fingerprint density at radius 2 is 1.77 bits per heavy atom. The summed E-state index contributed by atoms with van der Waals surface area (Å²) in [4.78, 5) is 12.3. The van der Waals surface area contributed by atoms with E-state index < -0.39 is 22.5 Å². The number of sulfonamides is 1. The average Bonchev–Trinajstić information content (AvgIpc) is 2.54. The van der Waals surface area contributed by atoms with Crippen molar-refractivity contribution in [3.63, 3.8) is 0 Å². The van der Waals surface area contributed by atoms with E-state index in [0.29, 0.717) is 15.6 Å². The molecule has 1 amide bonds. The zero-order chi connectivity index (χ0) is 19.5. The molecule has 2 aromatic carbocycles. The van der Waals surface area contributed by atoms with Gasteiger partial charge in [-0.05, 0) is 29.8 Å². The van der Waals surface area contributed by atoms with Gasteiger partial charge in [0.15, 0.2) is 0 Å². The lowest BCUT2D eigenvalue weighted by Gasteiger charge is -2.23. The van der Waals surface area contributed by atoms with Gasteiger partial charge < -0.3 is 5.32 Å². The van der Waals surface area contributed by atoms with Gasteiger partial charge in [0.1, 0.15) is 6.54 Å². The molecular weight excluding hydrogens is 442 g/mol. The highest BCUT2D eigenvalue weighted by Crippen LogP contribution is 2.33. The summed E-state index contributed by atoms with van der Waals surface area (Å²) in [5.41, 5.74) is 0.775. The quantitative estimate of drug-likeness (QED) is 0.702. The maximum Gasteiger partial charge on any atom is 0.241 e. The first-order valence-electron chi connectivity index (χ1n) is 7.22. The highest BCUT2D eigenvalue weighted by Gasteiger charge is 2.23. The van der Waals surface area contributed by atoms with Crippen LogP contribution in [0, 0.1) is 0 Å². The van der Waals surface area contributed by atoms with Crippen LogP contribution in [-0.2, 0) is 21.4 Å². The SMILES string of the molecule is CS(=O)(=O)N(CC(=O)NCc1ccc(Cl)cc1Cl)c1cccc(Cl)c1Cl. The highest BCUT2D eigenvalue weighted by atomic mass is 35.5. The Labute approximate surface area is 171 Å². The van der Waals surface area contributed by atoms with Gasteiger partial charge in [0, 0.05) is 16.6 Å². The summed E-state index contributed by atoms with van der Waals surface area (Å²) in [5.74, 6) is -0.530. The van der Waals surface area contributed by atoms with E-state index in [1.54, 1.807) is 24.3 Å². The van der Waals surface area contributed by atoms with Gasteiger partial charge >= 0.3 is 0 Å². The second-order valence-electron chi connectivity index (χ2n) is 5.36. The smallest absolute Gasteiger partial charge is 0.241 e. The third-order valence-corrected chi connectivity index (χ3v) is 5.90. The minimum Gasteiger partial charge on any atom is -0.350 e. The van der Waals surface area contributed by atoms with Crippen LogP contribution in [0.2, 0.25) is 20.1 Å². The van der Waals surface area contributed by atoms with Crippen molar-refractivity contribution in [1.29, 1.82) is 0 Å². The molecule has 0 radical (unpaired) electrons. The predicted molar refractivity (Wildman–Crippen MR) is 107 cm³/mol. The molecule has 140 valence electrons. The van der Waals surface area contributed by atoms with Gasteiger partial charge in [-0.2, -0.15) is 0 Å². The molecule has 10 heteroatoms. The Morgan fingerprint density at radius 3 is 2.38 bits per heavy atom. The number of hydrogen-bond donors (Lipinski definition) is 1. The fraction of sp³-hybridized carbons (Fsp3) is 0.188. The standard InChI is InChI=1S/C16H14Cl4N2O3S/c1-26(24,25)22(14-4-2-3-12(18)16(14)20)9-15(23)21-8-10-5-6-11(17)7-13(10)19/h2-7H,8-9H2,1H3,(H,21,23). The number of benzene rings is 2. The van der Waals surface area contributed by atoms with Crippen LogP contribution in [0.1, 0.15) is 5.56 Å². The number of carbonyl (C=O) groups is 1. The molecule has 0 saturated heterocycles. The number of hydrogen-bond acceptors (Lipinski definition) is 3. The first-order valence-corrected chi connectivity index (χ1v) is 10.6. The summed E-state index contributed by atoms with van der Waals surface area (Å²) in [7, 11) is -3.76. The van der Waals surface area contributed by atoms with Gasteiger partial charge in [0.05, 0.1) is 22.0 Å². The fourth-order valence-electron chi connectivity index (χ4n) is 2.11. The second-order valence-corrected chi connectivity index (χ2v) is 8.89. The van der Waals surface area contributed by atoms with E-state index in [-0.39, 0.29) is 22.3 Å². The highest BCUT2D eigenvalue weighted by molar-refractivity contribution is 7.92. The summed E-state index contributed by atoms with van der Waals surface area (Å²) >= 11 is 23.9. The normalized spacial score (nSPS) is 11.3. The van der Waals surface area contributed by atoms with Crippen LogP contribution in [0.5, 0.6) is 0 Å². The van der Waals surface area contributed by atoms with Gasteiger partial charge in [-0.1, -0.05) is 58.5 Å². The molecule has 5 nitrogen and oxygen atoms in total. The molecule has 0 spiro atoms. The van der Waals surface area contributed by atoms with Crippen LogP contribution in [-0.4, -0.2) is 27.1 Å². The summed E-state index contributed by atoms with van der Waals surface area (Å²) < 4.78 is 25.1. The molecule has 2 aromatic rings. The van der Waals surface area contributed by atoms with E-state index in [9.17, 15) is 13.2 Å². The number of halogens is 4. The van der Waals surface area contributed by atoms with Crippen molar-refractivity contribution in [2.45, 2.75) is 6.54 Å². The van der Waals surface area contributed by atoms with E-state index in [4.69, 9.17) is 46.4 Å². The molecule has 0 unspecified atom stereocenters. The maximum absolute atomic E-state index is 12.3. The van der Waals surface area contributed by atoms with Crippen molar-refractivity contribution in [3.05, 3.63) is 62.1 Å². The lowest BCUT2D eigenvalue weighted by atomic mass is 10.2. The van der Waals surface area contributed by atoms with E-state index >= 15 is 0 Å². The van der Waals surface area contributed by atoms with Gasteiger partial charge in [0.2, 0.25) is 15.9 Å². The molecule has 1 N–H and O–H groups in total. The monoisotopic (exact) mass is 454 g/mol. The number of nitrogens with zero attached hydrogens (tertiary/aromatic N) is 1. The Morgan fingerprint density at radius 1 is 1.08 bits per heavy atom. The first-order chi connectivity index (χ1) is 12.1. The zero-order valence-electron chi connectivity index (χ0n) is 13.5. The van der Waals surface area contributed by atoms with Crippen molar-refractivity contribution in [2.75, 3.05) is 17.1 Å². The lowest BCUT2D eigenvalue weighted by molar-refractivity contribution is -0.119. The van der Waals surface area contributed by atoms with E-state index in [1.807, 2.05) is 0 Å². The third kappa shape index (κ3) is 5.41. The minimum absolute atomic E-state index is 0.0492. The van der Waals surface area contributed by atoms with Crippen LogP contribution in [0.4, 0.5) is 5.69 Å². The molecule has 0 aliphatic carbocycles. The van der Waals surface area contributed by atoms with Crippen LogP contribution >= 0.6 is 46.4 Å². The summed E-state index contributed by atoms with van der Waals surface area (Å²) in [5, 5.41) is 3.73. The van der Waals surface area contributed by atoms with E-state index in [2.05, 4.69) is 5.32 Å². The Hall–Kier alpha value is -1.18. The van der Waals surface area contributed by atoms with Crippen LogP contribution in [0.3, 0.4) is 0 Å². The van der Waals surface area contributed by atoms with Crippen LogP contribution in [0.15, 0.2) is 36.4 Å². The van der Waals surface area contributed by atoms with Crippen molar-refractivity contribution in [3.8, 4) is 0 Å². The average molecular weight is 456 g/mol. The molecule has 0 bridgehead atoms. The summed E-state index contributed by atoms with van der Waals surface area (Å²) in [6.07, 6.45) is 0.980. The number of carbonyl (C=O) groups excluding carboxylic acids is 1. The Bertz CT molecular complexity index is 935. The fourth-order valence-corrected chi connectivity index (χ4v) is 3.90. The third-order valence-electron chi connectivity index (χ3n) is 3.38. The molecule has 0 fully saturated rings. The van der Waals surface area contributed by atoms with Crippen molar-refractivity contribution < 1.29 is 13.2 Å². The van der Waals surface area contributed by atoms with Crippen molar-refractivity contribution in [2.24, 2.45) is 0 Å². The van der Waals surface area contributed by atoms with E-state index in [0.717, 1.165) is 10.6 Å². The molecular formula is C16H14Cl4N2O3S. The molecule has 0 aliphatic heterocycles. The summed E-state index contributed by atoms with van der Waals surface area (Å²) in [6, 6.07) is 9.41. The second kappa shape index (κ2) is 8.67. The van der Waals surface area contributed by atoms with Gasteiger partial charge in [-0.3, -0.25) is 9.10 Å². The number of amides is 1. The van der Waals surface area contributed by atoms with Crippen molar-refractivity contribution >= 4 is 68.0 Å². The predicted octanol–water partition coefficient (Wildman–Crippen LogP) is 4.38.